The van der Waals surface area contributed by atoms with Gasteiger partial charge in [-0.2, -0.15) is 0 Å². The number of likely N-dealkylation sites (tertiary alicyclic amines) is 1. The molecule has 1 N–H and O–H groups in total. The molecule has 4 rings (SSSR count). The first kappa shape index (κ1) is 13.8. The molecule has 0 spiro atoms. The Labute approximate surface area is 129 Å². The first-order chi connectivity index (χ1) is 10.8. The molecule has 2 saturated heterocycles. The van der Waals surface area contributed by atoms with Crippen LogP contribution in [0.2, 0.25) is 0 Å². The smallest absolute Gasteiger partial charge is 0.270 e. The topological polar surface area (TPSA) is 54.6 Å². The fraction of sp³-hybridized carbons (Fsp3) is 0.471. The highest BCUT2D eigenvalue weighted by Crippen LogP contribution is 2.27. The third kappa shape index (κ3) is 2.51. The molecule has 1 aromatic carbocycles. The fourth-order valence-electron chi connectivity index (χ4n) is 3.38. The molecule has 5 heteroatoms. The number of aromatic amines is 1. The SMILES string of the molecule is O=C(c1cc2ccccc2[nH]1)N1CCC(C2OCCO2)CC1. The normalized spacial score (nSPS) is 20.8. The van der Waals surface area contributed by atoms with E-state index in [4.69, 9.17) is 9.47 Å². The van der Waals surface area contributed by atoms with Crippen molar-refractivity contribution >= 4 is 16.8 Å². The van der Waals surface area contributed by atoms with Gasteiger partial charge >= 0.3 is 0 Å². The van der Waals surface area contributed by atoms with Crippen molar-refractivity contribution in [2.75, 3.05) is 26.3 Å². The van der Waals surface area contributed by atoms with Crippen molar-refractivity contribution in [2.45, 2.75) is 19.1 Å². The number of rotatable bonds is 2. The maximum Gasteiger partial charge on any atom is 0.270 e. The minimum absolute atomic E-state index is 0.0645. The number of hydrogen-bond acceptors (Lipinski definition) is 3. The van der Waals surface area contributed by atoms with Crippen molar-refractivity contribution in [3.63, 3.8) is 0 Å². The highest BCUT2D eigenvalue weighted by atomic mass is 16.7. The minimum atomic E-state index is -0.0645. The molecule has 1 amide bonds. The Balaban J connectivity index is 1.43. The molecule has 3 heterocycles. The van der Waals surface area contributed by atoms with Crippen LogP contribution in [-0.2, 0) is 9.47 Å². The van der Waals surface area contributed by atoms with Crippen molar-refractivity contribution in [1.82, 2.24) is 9.88 Å². The molecule has 2 aliphatic heterocycles. The molecule has 0 radical (unpaired) electrons. The van der Waals surface area contributed by atoms with Crippen LogP contribution in [0.3, 0.4) is 0 Å². The molecule has 0 bridgehead atoms. The average molecular weight is 300 g/mol. The largest absolute Gasteiger partial charge is 0.351 e. The number of aromatic nitrogens is 1. The number of carbonyl (C=O) groups is 1. The second-order valence-corrected chi connectivity index (χ2v) is 6.01. The Bertz CT molecular complexity index is 634. The number of fused-ring (bicyclic) bond motifs is 1. The van der Waals surface area contributed by atoms with Crippen LogP contribution < -0.4 is 0 Å². The molecule has 0 saturated carbocycles. The summed E-state index contributed by atoms with van der Waals surface area (Å²) in [5.41, 5.74) is 1.68. The molecule has 0 aliphatic carbocycles. The van der Waals surface area contributed by atoms with Gasteiger partial charge in [0.2, 0.25) is 0 Å². The number of amides is 1. The predicted molar refractivity (Wildman–Crippen MR) is 82.6 cm³/mol. The monoisotopic (exact) mass is 300 g/mol. The van der Waals surface area contributed by atoms with E-state index in [1.54, 1.807) is 0 Å². The molecule has 2 aromatic rings. The first-order valence-corrected chi connectivity index (χ1v) is 7.91. The van der Waals surface area contributed by atoms with E-state index >= 15 is 0 Å². The lowest BCUT2D eigenvalue weighted by atomic mass is 9.96. The number of carbonyl (C=O) groups excluding carboxylic acids is 1. The van der Waals surface area contributed by atoms with Crippen LogP contribution in [0.25, 0.3) is 10.9 Å². The number of hydrogen-bond donors (Lipinski definition) is 1. The van der Waals surface area contributed by atoms with Crippen LogP contribution in [0.15, 0.2) is 30.3 Å². The lowest BCUT2D eigenvalue weighted by Crippen LogP contribution is -2.41. The first-order valence-electron chi connectivity index (χ1n) is 7.91. The minimum Gasteiger partial charge on any atom is -0.351 e. The van der Waals surface area contributed by atoms with Gasteiger partial charge in [-0.25, -0.2) is 0 Å². The summed E-state index contributed by atoms with van der Waals surface area (Å²) in [6, 6.07) is 9.90. The lowest BCUT2D eigenvalue weighted by Gasteiger charge is -2.33. The maximum atomic E-state index is 12.6. The van der Waals surface area contributed by atoms with Gasteiger partial charge in [0, 0.05) is 29.9 Å². The highest BCUT2D eigenvalue weighted by Gasteiger charge is 2.32. The van der Waals surface area contributed by atoms with Crippen molar-refractivity contribution in [3.8, 4) is 0 Å². The molecule has 0 atom stereocenters. The van der Waals surface area contributed by atoms with Crippen molar-refractivity contribution in [2.24, 2.45) is 5.92 Å². The number of nitrogens with zero attached hydrogens (tertiary/aromatic N) is 1. The molecule has 1 aromatic heterocycles. The Morgan fingerprint density at radius 1 is 1.14 bits per heavy atom. The second kappa shape index (κ2) is 5.74. The molecule has 116 valence electrons. The van der Waals surface area contributed by atoms with Gasteiger partial charge < -0.3 is 19.4 Å². The molecular weight excluding hydrogens is 280 g/mol. The highest BCUT2D eigenvalue weighted by molar-refractivity contribution is 5.98. The van der Waals surface area contributed by atoms with E-state index in [9.17, 15) is 4.79 Å². The summed E-state index contributed by atoms with van der Waals surface area (Å²) in [7, 11) is 0. The van der Waals surface area contributed by atoms with Crippen LogP contribution in [0.5, 0.6) is 0 Å². The molecule has 2 aliphatic rings. The summed E-state index contributed by atoms with van der Waals surface area (Å²) < 4.78 is 11.2. The Kier molecular flexibility index (Phi) is 3.60. The van der Waals surface area contributed by atoms with Crippen molar-refractivity contribution in [1.29, 1.82) is 0 Å². The van der Waals surface area contributed by atoms with E-state index in [1.165, 1.54) is 0 Å². The van der Waals surface area contributed by atoms with Crippen LogP contribution in [0.1, 0.15) is 23.3 Å². The molecule has 0 unspecified atom stereocenters. The average Bonchev–Trinajstić information content (AvgIpc) is 3.23. The lowest BCUT2D eigenvalue weighted by molar-refractivity contribution is -0.0956. The zero-order valence-electron chi connectivity index (χ0n) is 12.5. The van der Waals surface area contributed by atoms with E-state index in [1.807, 2.05) is 35.2 Å². The Morgan fingerprint density at radius 2 is 1.86 bits per heavy atom. The number of H-pyrrole nitrogens is 1. The zero-order chi connectivity index (χ0) is 14.9. The molecule has 5 nitrogen and oxygen atoms in total. The van der Waals surface area contributed by atoms with Crippen LogP contribution in [0.4, 0.5) is 0 Å². The van der Waals surface area contributed by atoms with Crippen LogP contribution in [-0.4, -0.2) is 48.4 Å². The van der Waals surface area contributed by atoms with Gasteiger partial charge in [-0.15, -0.1) is 0 Å². The summed E-state index contributed by atoms with van der Waals surface area (Å²) in [4.78, 5) is 17.8. The van der Waals surface area contributed by atoms with Crippen molar-refractivity contribution in [3.05, 3.63) is 36.0 Å². The number of para-hydroxylation sites is 1. The summed E-state index contributed by atoms with van der Waals surface area (Å²) in [6.45, 7) is 2.92. The fourth-order valence-corrected chi connectivity index (χ4v) is 3.38. The van der Waals surface area contributed by atoms with E-state index < -0.39 is 0 Å². The number of piperidine rings is 1. The third-order valence-electron chi connectivity index (χ3n) is 4.62. The Hall–Kier alpha value is -1.85. The third-order valence-corrected chi connectivity index (χ3v) is 4.62. The maximum absolute atomic E-state index is 12.6. The van der Waals surface area contributed by atoms with Gasteiger partial charge in [0.15, 0.2) is 6.29 Å². The van der Waals surface area contributed by atoms with E-state index in [2.05, 4.69) is 4.98 Å². The summed E-state index contributed by atoms with van der Waals surface area (Å²) in [5, 5.41) is 1.08. The summed E-state index contributed by atoms with van der Waals surface area (Å²) in [6.07, 6.45) is 1.82. The molecule has 2 fully saturated rings. The summed E-state index contributed by atoms with van der Waals surface area (Å²) in [5.74, 6) is 0.497. The van der Waals surface area contributed by atoms with E-state index in [-0.39, 0.29) is 12.2 Å². The van der Waals surface area contributed by atoms with Gasteiger partial charge in [0.25, 0.3) is 5.91 Å². The van der Waals surface area contributed by atoms with Gasteiger partial charge in [0.1, 0.15) is 5.69 Å². The van der Waals surface area contributed by atoms with Crippen molar-refractivity contribution < 1.29 is 14.3 Å². The number of ether oxygens (including phenoxy) is 2. The number of benzene rings is 1. The van der Waals surface area contributed by atoms with Gasteiger partial charge in [-0.05, 0) is 25.0 Å². The quantitative estimate of drug-likeness (QED) is 0.926. The van der Waals surface area contributed by atoms with E-state index in [0.717, 1.165) is 36.8 Å². The Morgan fingerprint density at radius 3 is 2.59 bits per heavy atom. The van der Waals surface area contributed by atoms with Gasteiger partial charge in [-0.1, -0.05) is 18.2 Å². The summed E-state index contributed by atoms with van der Waals surface area (Å²) >= 11 is 0. The van der Waals surface area contributed by atoms with E-state index in [0.29, 0.717) is 24.8 Å². The molecular formula is C17H20N2O3. The second-order valence-electron chi connectivity index (χ2n) is 6.01. The predicted octanol–water partition coefficient (Wildman–Crippen LogP) is 2.39. The zero-order valence-corrected chi connectivity index (χ0v) is 12.5. The van der Waals surface area contributed by atoms with Gasteiger partial charge in [0.05, 0.1) is 13.2 Å². The number of nitrogens with one attached hydrogen (secondary N) is 1. The molecule has 22 heavy (non-hydrogen) atoms. The van der Waals surface area contributed by atoms with Crippen LogP contribution in [0, 0.1) is 5.92 Å². The van der Waals surface area contributed by atoms with Crippen LogP contribution >= 0.6 is 0 Å². The standard InChI is InChI=1S/C17H20N2O3/c20-16(15-11-13-3-1-2-4-14(13)18-15)19-7-5-12(6-8-19)17-21-9-10-22-17/h1-4,11-12,17-18H,5-10H2. The van der Waals surface area contributed by atoms with Gasteiger partial charge in [-0.3, -0.25) is 4.79 Å².